The molecule has 0 bridgehead atoms. The van der Waals surface area contributed by atoms with Crippen molar-refractivity contribution in [3.63, 3.8) is 0 Å². The van der Waals surface area contributed by atoms with Crippen molar-refractivity contribution in [1.29, 1.82) is 0 Å². The molecule has 0 saturated heterocycles. The number of hydrogen-bond acceptors (Lipinski definition) is 6. The van der Waals surface area contributed by atoms with Gasteiger partial charge in [-0.05, 0) is 62.8 Å². The number of aryl methyl sites for hydroxylation is 3. The Kier molecular flexibility index (Phi) is 4.74. The van der Waals surface area contributed by atoms with Crippen molar-refractivity contribution >= 4 is 17.7 Å². The van der Waals surface area contributed by atoms with E-state index in [2.05, 4.69) is 10.5 Å². The first kappa shape index (κ1) is 17.0. The molecule has 1 aromatic carbocycles. The Morgan fingerprint density at radius 3 is 2.56 bits per heavy atom. The molecular formula is C18H20N2O5. The number of phenolic OH excluding ortho intramolecular Hbond substituents is 1. The predicted molar refractivity (Wildman–Crippen MR) is 89.5 cm³/mol. The average molecular weight is 344 g/mol. The molecule has 132 valence electrons. The highest BCUT2D eigenvalue weighted by Crippen LogP contribution is 2.29. The molecule has 0 saturated carbocycles. The molecule has 0 aliphatic heterocycles. The van der Waals surface area contributed by atoms with E-state index in [1.807, 2.05) is 0 Å². The van der Waals surface area contributed by atoms with Gasteiger partial charge in [0.2, 0.25) is 0 Å². The zero-order chi connectivity index (χ0) is 18.0. The fourth-order valence-electron chi connectivity index (χ4n) is 2.87. The Bertz CT molecular complexity index is 812. The highest BCUT2D eigenvalue weighted by molar-refractivity contribution is 5.98. The van der Waals surface area contributed by atoms with Gasteiger partial charge in [0.05, 0.1) is 0 Å². The van der Waals surface area contributed by atoms with E-state index in [4.69, 9.17) is 9.26 Å². The Hall–Kier alpha value is -2.83. The fraction of sp³-hybridized carbons (Fsp3) is 0.389. The zero-order valence-electron chi connectivity index (χ0n) is 14.2. The van der Waals surface area contributed by atoms with Crippen molar-refractivity contribution in [2.45, 2.75) is 45.6 Å². The van der Waals surface area contributed by atoms with Gasteiger partial charge in [-0.2, -0.15) is 0 Å². The summed E-state index contributed by atoms with van der Waals surface area (Å²) in [7, 11) is 0. The normalized spacial score (nSPS) is 14.5. The molecule has 0 fully saturated rings. The number of nitrogens with one attached hydrogen (secondary N) is 1. The van der Waals surface area contributed by atoms with Gasteiger partial charge in [-0.3, -0.25) is 4.79 Å². The first-order valence-corrected chi connectivity index (χ1v) is 8.24. The topological polar surface area (TPSA) is 102 Å². The molecular weight excluding hydrogens is 324 g/mol. The summed E-state index contributed by atoms with van der Waals surface area (Å²) in [4.78, 5) is 24.4. The number of aromatic hydroxyl groups is 1. The van der Waals surface area contributed by atoms with Crippen LogP contribution in [0.25, 0.3) is 0 Å². The molecule has 1 amide bonds. The largest absolute Gasteiger partial charge is 0.507 e. The predicted octanol–water partition coefficient (Wildman–Crippen LogP) is 2.75. The van der Waals surface area contributed by atoms with Gasteiger partial charge in [0.15, 0.2) is 11.9 Å². The molecule has 1 heterocycles. The van der Waals surface area contributed by atoms with Gasteiger partial charge in [0.25, 0.3) is 5.91 Å². The number of esters is 1. The van der Waals surface area contributed by atoms with Crippen LogP contribution >= 0.6 is 0 Å². The third-order valence-corrected chi connectivity index (χ3v) is 4.21. The number of phenols is 1. The number of carbonyl (C=O) groups is 2. The maximum Gasteiger partial charge on any atom is 0.342 e. The lowest BCUT2D eigenvalue weighted by molar-refractivity contribution is -0.123. The first-order chi connectivity index (χ1) is 11.9. The van der Waals surface area contributed by atoms with Gasteiger partial charge >= 0.3 is 5.97 Å². The number of aromatic nitrogens is 1. The minimum atomic E-state index is -1.04. The number of fused-ring (bicyclic) bond motifs is 1. The summed E-state index contributed by atoms with van der Waals surface area (Å²) in [6.07, 6.45) is 2.86. The quantitative estimate of drug-likeness (QED) is 0.827. The van der Waals surface area contributed by atoms with Crippen LogP contribution < -0.4 is 5.32 Å². The van der Waals surface area contributed by atoms with E-state index in [9.17, 15) is 14.7 Å². The molecule has 7 heteroatoms. The van der Waals surface area contributed by atoms with E-state index in [1.165, 1.54) is 6.92 Å². The van der Waals surface area contributed by atoms with E-state index < -0.39 is 18.0 Å². The van der Waals surface area contributed by atoms with Crippen molar-refractivity contribution < 1.29 is 24.0 Å². The Labute approximate surface area is 145 Å². The molecule has 0 spiro atoms. The molecule has 0 unspecified atom stereocenters. The van der Waals surface area contributed by atoms with Crippen molar-refractivity contribution in [1.82, 2.24) is 5.16 Å². The third kappa shape index (κ3) is 3.81. The summed E-state index contributed by atoms with van der Waals surface area (Å²) in [5, 5.41) is 16.3. The molecule has 1 aliphatic carbocycles. The van der Waals surface area contributed by atoms with Crippen LogP contribution in [0.1, 0.15) is 47.0 Å². The second-order valence-corrected chi connectivity index (χ2v) is 6.20. The fourth-order valence-corrected chi connectivity index (χ4v) is 2.87. The van der Waals surface area contributed by atoms with E-state index in [0.29, 0.717) is 5.76 Å². The average Bonchev–Trinajstić information content (AvgIpc) is 2.98. The summed E-state index contributed by atoms with van der Waals surface area (Å²) >= 11 is 0. The molecule has 1 aliphatic rings. The lowest BCUT2D eigenvalue weighted by Crippen LogP contribution is -2.30. The standard InChI is InChI=1S/C18H20N2O5/c1-10-7-16(20-25-10)19-17(22)11(2)24-18(23)14-8-12-5-3-4-6-13(12)9-15(14)21/h7-9,11,21H,3-6H2,1-2H3,(H,19,20,22)/t11-/m0/s1. The molecule has 0 radical (unpaired) electrons. The highest BCUT2D eigenvalue weighted by Gasteiger charge is 2.23. The first-order valence-electron chi connectivity index (χ1n) is 8.24. The second kappa shape index (κ2) is 6.96. The third-order valence-electron chi connectivity index (χ3n) is 4.21. The van der Waals surface area contributed by atoms with Crippen LogP contribution in [0.2, 0.25) is 0 Å². The number of benzene rings is 1. The van der Waals surface area contributed by atoms with Crippen molar-refractivity contribution in [3.8, 4) is 5.75 Å². The van der Waals surface area contributed by atoms with Crippen LogP contribution in [-0.4, -0.2) is 28.2 Å². The molecule has 1 aromatic heterocycles. The maximum absolute atomic E-state index is 12.3. The van der Waals surface area contributed by atoms with Gasteiger partial charge in [0, 0.05) is 6.07 Å². The monoisotopic (exact) mass is 344 g/mol. The zero-order valence-corrected chi connectivity index (χ0v) is 14.2. The van der Waals surface area contributed by atoms with Crippen molar-refractivity contribution in [2.24, 2.45) is 0 Å². The highest BCUT2D eigenvalue weighted by atomic mass is 16.5. The smallest absolute Gasteiger partial charge is 0.342 e. The summed E-state index contributed by atoms with van der Waals surface area (Å²) < 4.78 is 10.0. The maximum atomic E-state index is 12.3. The van der Waals surface area contributed by atoms with Gasteiger partial charge < -0.3 is 19.7 Å². The van der Waals surface area contributed by atoms with E-state index in [0.717, 1.165) is 36.8 Å². The molecule has 25 heavy (non-hydrogen) atoms. The second-order valence-electron chi connectivity index (χ2n) is 6.20. The number of amides is 1. The number of rotatable bonds is 4. The van der Waals surface area contributed by atoms with E-state index in [-0.39, 0.29) is 17.1 Å². The Morgan fingerprint density at radius 2 is 1.92 bits per heavy atom. The SMILES string of the molecule is Cc1cc(NC(=O)[C@H](C)OC(=O)c2cc3c(cc2O)CCCC3)no1. The lowest BCUT2D eigenvalue weighted by Gasteiger charge is -2.18. The molecule has 1 atom stereocenters. The van der Waals surface area contributed by atoms with Crippen LogP contribution in [0.4, 0.5) is 5.82 Å². The van der Waals surface area contributed by atoms with Crippen LogP contribution in [-0.2, 0) is 22.4 Å². The molecule has 3 rings (SSSR count). The van der Waals surface area contributed by atoms with Crippen LogP contribution in [0.15, 0.2) is 22.7 Å². The summed E-state index contributed by atoms with van der Waals surface area (Å²) in [5.41, 5.74) is 2.19. The van der Waals surface area contributed by atoms with Gasteiger partial charge in [-0.15, -0.1) is 0 Å². The van der Waals surface area contributed by atoms with E-state index >= 15 is 0 Å². The van der Waals surface area contributed by atoms with Crippen LogP contribution in [0.3, 0.4) is 0 Å². The Balaban J connectivity index is 1.68. The van der Waals surface area contributed by atoms with Crippen LogP contribution in [0.5, 0.6) is 5.75 Å². The Morgan fingerprint density at radius 1 is 1.24 bits per heavy atom. The molecule has 2 aromatic rings. The van der Waals surface area contributed by atoms with Crippen LogP contribution in [0, 0.1) is 6.92 Å². The molecule has 7 nitrogen and oxygen atoms in total. The number of hydrogen-bond donors (Lipinski definition) is 2. The van der Waals surface area contributed by atoms with Gasteiger partial charge in [-0.1, -0.05) is 5.16 Å². The van der Waals surface area contributed by atoms with Gasteiger partial charge in [-0.25, -0.2) is 4.79 Å². The number of ether oxygens (including phenoxy) is 1. The minimum Gasteiger partial charge on any atom is -0.507 e. The minimum absolute atomic E-state index is 0.0811. The summed E-state index contributed by atoms with van der Waals surface area (Å²) in [5.74, 6) is -0.574. The number of carbonyl (C=O) groups excluding carboxylic acids is 2. The number of anilines is 1. The number of nitrogens with zero attached hydrogens (tertiary/aromatic N) is 1. The summed E-state index contributed by atoms with van der Waals surface area (Å²) in [6.45, 7) is 3.15. The van der Waals surface area contributed by atoms with Crippen molar-refractivity contribution in [3.05, 3.63) is 40.6 Å². The summed E-state index contributed by atoms with van der Waals surface area (Å²) in [6, 6.07) is 4.84. The van der Waals surface area contributed by atoms with Crippen molar-refractivity contribution in [2.75, 3.05) is 5.32 Å². The van der Waals surface area contributed by atoms with Gasteiger partial charge in [0.1, 0.15) is 17.1 Å². The lowest BCUT2D eigenvalue weighted by atomic mass is 9.90. The van der Waals surface area contributed by atoms with E-state index in [1.54, 1.807) is 25.1 Å². The molecule has 2 N–H and O–H groups in total.